The molecule has 1 aromatic carbocycles. The number of benzene rings is 1. The Morgan fingerprint density at radius 1 is 1.30 bits per heavy atom. The summed E-state index contributed by atoms with van der Waals surface area (Å²) in [6.45, 7) is 3.09. The Kier molecular flexibility index (Phi) is 6.51. The number of likely N-dealkylation sites (tertiary alicyclic amines) is 1. The van der Waals surface area contributed by atoms with Gasteiger partial charge in [-0.1, -0.05) is 24.3 Å². The van der Waals surface area contributed by atoms with Crippen LogP contribution in [-0.4, -0.2) is 39.2 Å². The molecule has 1 heterocycles. The first-order valence-electron chi connectivity index (χ1n) is 6.68. The van der Waals surface area contributed by atoms with Gasteiger partial charge < -0.3 is 10.6 Å². The third-order valence-electron chi connectivity index (χ3n) is 3.46. The maximum atomic E-state index is 11.3. The van der Waals surface area contributed by atoms with E-state index in [1.807, 2.05) is 24.3 Å². The summed E-state index contributed by atoms with van der Waals surface area (Å²) in [4.78, 5) is 2.37. The lowest BCUT2D eigenvalue weighted by Crippen LogP contribution is -2.29. The Hall–Kier alpha value is -0.560. The summed E-state index contributed by atoms with van der Waals surface area (Å²) in [5.74, 6) is 0.0806. The van der Waals surface area contributed by atoms with E-state index in [0.29, 0.717) is 0 Å². The minimum atomic E-state index is -2.99. The van der Waals surface area contributed by atoms with Crippen molar-refractivity contribution in [3.63, 3.8) is 0 Å². The van der Waals surface area contributed by atoms with Crippen LogP contribution in [0.3, 0.4) is 0 Å². The van der Waals surface area contributed by atoms with Gasteiger partial charge in [-0.15, -0.1) is 0 Å². The summed E-state index contributed by atoms with van der Waals surface area (Å²) >= 11 is 0. The van der Waals surface area contributed by atoms with Crippen LogP contribution in [0.25, 0.3) is 0 Å². The molecule has 2 rings (SSSR count). The Morgan fingerprint density at radius 3 is 2.55 bits per heavy atom. The van der Waals surface area contributed by atoms with Crippen LogP contribution >= 0.6 is 13.5 Å². The smallest absolute Gasteiger partial charge is 0.151 e. The third kappa shape index (κ3) is 5.44. The van der Waals surface area contributed by atoms with E-state index in [4.69, 9.17) is 5.73 Å². The van der Waals surface area contributed by atoms with Crippen molar-refractivity contribution in [1.82, 2.24) is 4.90 Å². The molecule has 0 radical (unpaired) electrons. The zero-order valence-electron chi connectivity index (χ0n) is 11.9. The van der Waals surface area contributed by atoms with E-state index in [2.05, 4.69) is 4.90 Å². The molecule has 1 aromatic rings. The summed E-state index contributed by atoms with van der Waals surface area (Å²) in [7, 11) is -2.99. The molecule has 0 aliphatic carbocycles. The Morgan fingerprint density at radius 2 is 1.95 bits per heavy atom. The molecule has 4 nitrogen and oxygen atoms in total. The molecule has 114 valence electrons. The molecule has 0 saturated carbocycles. The van der Waals surface area contributed by atoms with Gasteiger partial charge >= 0.3 is 0 Å². The largest absolute Gasteiger partial charge is 0.323 e. The predicted octanol–water partition coefficient (Wildman–Crippen LogP) is 1.44. The predicted molar refractivity (Wildman–Crippen MR) is 88.0 cm³/mol. The second-order valence-electron chi connectivity index (χ2n) is 5.43. The van der Waals surface area contributed by atoms with Crippen LogP contribution in [-0.2, 0) is 15.6 Å². The van der Waals surface area contributed by atoms with Gasteiger partial charge in [-0.3, -0.25) is 0 Å². The van der Waals surface area contributed by atoms with Crippen molar-refractivity contribution in [2.75, 3.05) is 25.9 Å². The number of hydrogen-bond donors (Lipinski definition) is 1. The van der Waals surface area contributed by atoms with Crippen molar-refractivity contribution >= 4 is 23.3 Å². The zero-order chi connectivity index (χ0) is 13.9. The van der Waals surface area contributed by atoms with Crippen molar-refractivity contribution in [3.05, 3.63) is 35.4 Å². The van der Waals surface area contributed by atoms with Crippen LogP contribution in [0.1, 0.15) is 30.0 Å². The fourth-order valence-electron chi connectivity index (χ4n) is 2.57. The second-order valence-corrected chi connectivity index (χ2v) is 7.57. The molecular weight excluding hydrogens is 292 g/mol. The molecular formula is C14H24N2O2S2. The molecule has 20 heavy (non-hydrogen) atoms. The van der Waals surface area contributed by atoms with Crippen molar-refractivity contribution in [1.29, 1.82) is 0 Å². The normalized spacial score (nSPS) is 17.7. The molecule has 2 N–H and O–H groups in total. The van der Waals surface area contributed by atoms with Crippen molar-refractivity contribution in [3.8, 4) is 0 Å². The lowest BCUT2D eigenvalue weighted by Gasteiger charge is -2.20. The lowest BCUT2D eigenvalue weighted by atomic mass is 10.0. The molecule has 1 atom stereocenters. The monoisotopic (exact) mass is 316 g/mol. The minimum absolute atomic E-state index is 0. The number of hydrogen-bond acceptors (Lipinski definition) is 4. The summed E-state index contributed by atoms with van der Waals surface area (Å²) in [6.07, 6.45) is 3.76. The molecule has 1 fully saturated rings. The highest BCUT2D eigenvalue weighted by molar-refractivity contribution is 7.89. The molecule has 0 unspecified atom stereocenters. The first-order chi connectivity index (χ1) is 8.94. The second kappa shape index (κ2) is 7.45. The van der Waals surface area contributed by atoms with E-state index in [1.165, 1.54) is 19.1 Å². The lowest BCUT2D eigenvalue weighted by molar-refractivity contribution is 0.316. The Balaban J connectivity index is 0.00000200. The van der Waals surface area contributed by atoms with E-state index >= 15 is 0 Å². The molecule has 0 aromatic heterocycles. The van der Waals surface area contributed by atoms with Crippen molar-refractivity contribution < 1.29 is 8.42 Å². The molecule has 6 heteroatoms. The van der Waals surface area contributed by atoms with Gasteiger partial charge in [-0.05, 0) is 37.1 Å². The third-order valence-corrected chi connectivity index (χ3v) is 4.32. The summed E-state index contributed by atoms with van der Waals surface area (Å²) < 4.78 is 22.6. The molecule has 0 bridgehead atoms. The van der Waals surface area contributed by atoms with Gasteiger partial charge in [0.05, 0.1) is 5.75 Å². The number of sulfone groups is 1. The fraction of sp³-hybridized carbons (Fsp3) is 0.571. The summed E-state index contributed by atoms with van der Waals surface area (Å²) in [5.41, 5.74) is 8.05. The van der Waals surface area contributed by atoms with Crippen LogP contribution in [0.5, 0.6) is 0 Å². The quantitative estimate of drug-likeness (QED) is 0.893. The molecule has 1 aliphatic rings. The van der Waals surface area contributed by atoms with E-state index in [0.717, 1.165) is 30.8 Å². The highest BCUT2D eigenvalue weighted by Gasteiger charge is 2.16. The molecule has 1 aliphatic heterocycles. The van der Waals surface area contributed by atoms with Gasteiger partial charge in [-0.2, -0.15) is 13.5 Å². The zero-order valence-corrected chi connectivity index (χ0v) is 13.7. The summed E-state index contributed by atoms with van der Waals surface area (Å²) in [5, 5.41) is 0. The fourth-order valence-corrected chi connectivity index (χ4v) is 3.35. The van der Waals surface area contributed by atoms with Crippen LogP contribution in [0, 0.1) is 0 Å². The number of rotatable bonds is 5. The molecule has 0 amide bonds. The van der Waals surface area contributed by atoms with Gasteiger partial charge in [0.1, 0.15) is 0 Å². The number of nitrogens with two attached hydrogens (primary N) is 1. The average Bonchev–Trinajstić information content (AvgIpc) is 2.80. The van der Waals surface area contributed by atoms with Crippen LogP contribution in [0.4, 0.5) is 0 Å². The maximum Gasteiger partial charge on any atom is 0.151 e. The average molecular weight is 316 g/mol. The molecule has 1 saturated heterocycles. The van der Waals surface area contributed by atoms with Crippen molar-refractivity contribution in [2.24, 2.45) is 5.73 Å². The van der Waals surface area contributed by atoms with Gasteiger partial charge in [0, 0.05) is 18.8 Å². The van der Waals surface area contributed by atoms with Crippen LogP contribution in [0.15, 0.2) is 24.3 Å². The highest BCUT2D eigenvalue weighted by atomic mass is 32.2. The topological polar surface area (TPSA) is 63.4 Å². The van der Waals surface area contributed by atoms with Crippen LogP contribution < -0.4 is 5.73 Å². The first-order valence-corrected chi connectivity index (χ1v) is 8.74. The van der Waals surface area contributed by atoms with Crippen LogP contribution in [0.2, 0.25) is 0 Å². The molecule has 0 spiro atoms. The SMILES string of the molecule is CS(=O)(=O)Cc1cccc([C@H](N)CN2CCCC2)c1.S. The van der Waals surface area contributed by atoms with Crippen molar-refractivity contribution in [2.45, 2.75) is 24.6 Å². The van der Waals surface area contributed by atoms with E-state index < -0.39 is 9.84 Å². The minimum Gasteiger partial charge on any atom is -0.323 e. The van der Waals surface area contributed by atoms with E-state index in [9.17, 15) is 8.42 Å². The Labute approximate surface area is 128 Å². The highest BCUT2D eigenvalue weighted by Crippen LogP contribution is 2.17. The van der Waals surface area contributed by atoms with E-state index in [1.54, 1.807) is 0 Å². The van der Waals surface area contributed by atoms with Gasteiger partial charge in [0.15, 0.2) is 9.84 Å². The summed E-state index contributed by atoms with van der Waals surface area (Å²) in [6, 6.07) is 7.58. The Bertz CT molecular complexity index is 526. The number of nitrogens with zero attached hydrogens (tertiary/aromatic N) is 1. The van der Waals surface area contributed by atoms with Gasteiger partial charge in [-0.25, -0.2) is 8.42 Å². The van der Waals surface area contributed by atoms with Gasteiger partial charge in [0.25, 0.3) is 0 Å². The maximum absolute atomic E-state index is 11.3. The first kappa shape index (κ1) is 17.5. The van der Waals surface area contributed by atoms with E-state index in [-0.39, 0.29) is 25.3 Å². The van der Waals surface area contributed by atoms with Gasteiger partial charge in [0.2, 0.25) is 0 Å². The standard InChI is InChI=1S/C14H22N2O2S.H2S/c1-19(17,18)11-12-5-4-6-13(9-12)14(15)10-16-7-2-3-8-16;/h4-6,9,14H,2-3,7-8,10-11,15H2,1H3;1H2/t14-;/m1./s1.